The first-order chi connectivity index (χ1) is 16.6. The van der Waals surface area contributed by atoms with Gasteiger partial charge in [0.15, 0.2) is 5.82 Å². The number of hydrogen-bond acceptors (Lipinski definition) is 10. The predicted octanol–water partition coefficient (Wildman–Crippen LogP) is 1.75. The van der Waals surface area contributed by atoms with Gasteiger partial charge in [-0.05, 0) is 38.1 Å². The molecule has 0 saturated carbocycles. The SMILES string of the molecule is CC(C)N1CCN(c2cc(-n3nc(Nc4ccc(N5CCOCC5)cc4)nc3N)ncn2)CC1. The molecule has 2 fully saturated rings. The van der Waals surface area contributed by atoms with Crippen LogP contribution in [0.2, 0.25) is 0 Å². The quantitative estimate of drug-likeness (QED) is 0.559. The summed E-state index contributed by atoms with van der Waals surface area (Å²) in [5.41, 5.74) is 8.24. The fourth-order valence-corrected chi connectivity index (χ4v) is 4.35. The molecule has 5 rings (SSSR count). The van der Waals surface area contributed by atoms with Crippen molar-refractivity contribution in [2.45, 2.75) is 19.9 Å². The molecule has 34 heavy (non-hydrogen) atoms. The highest BCUT2D eigenvalue weighted by atomic mass is 16.5. The Hall–Kier alpha value is -3.44. The van der Waals surface area contributed by atoms with E-state index in [1.165, 1.54) is 5.69 Å². The number of piperazine rings is 1. The van der Waals surface area contributed by atoms with Crippen LogP contribution in [-0.4, -0.2) is 88.2 Å². The molecule has 0 spiro atoms. The second-order valence-corrected chi connectivity index (χ2v) is 8.83. The van der Waals surface area contributed by atoms with E-state index in [1.807, 2.05) is 18.2 Å². The predicted molar refractivity (Wildman–Crippen MR) is 133 cm³/mol. The Labute approximate surface area is 199 Å². The largest absolute Gasteiger partial charge is 0.378 e. The highest BCUT2D eigenvalue weighted by Gasteiger charge is 2.21. The number of benzene rings is 1. The molecule has 11 heteroatoms. The number of nitrogens with one attached hydrogen (secondary N) is 1. The number of nitrogens with zero attached hydrogens (tertiary/aromatic N) is 8. The van der Waals surface area contributed by atoms with E-state index in [1.54, 1.807) is 11.0 Å². The van der Waals surface area contributed by atoms with Crippen LogP contribution in [0.5, 0.6) is 0 Å². The third kappa shape index (κ3) is 4.90. The first-order valence-corrected chi connectivity index (χ1v) is 11.8. The van der Waals surface area contributed by atoms with Crippen LogP contribution in [0.15, 0.2) is 36.7 Å². The van der Waals surface area contributed by atoms with Crippen LogP contribution in [-0.2, 0) is 4.74 Å². The van der Waals surface area contributed by atoms with E-state index in [-0.39, 0.29) is 5.95 Å². The lowest BCUT2D eigenvalue weighted by molar-refractivity contribution is 0.122. The fourth-order valence-electron chi connectivity index (χ4n) is 4.35. The molecule has 0 unspecified atom stereocenters. The molecule has 2 aliphatic heterocycles. The lowest BCUT2D eigenvalue weighted by Crippen LogP contribution is -2.49. The smallest absolute Gasteiger partial charge is 0.248 e. The van der Waals surface area contributed by atoms with Gasteiger partial charge in [-0.1, -0.05) is 0 Å². The van der Waals surface area contributed by atoms with E-state index in [9.17, 15) is 0 Å². The maximum Gasteiger partial charge on any atom is 0.248 e. The van der Waals surface area contributed by atoms with Crippen molar-refractivity contribution in [3.63, 3.8) is 0 Å². The van der Waals surface area contributed by atoms with Gasteiger partial charge in [-0.3, -0.25) is 4.90 Å². The fraction of sp³-hybridized carbons (Fsp3) is 0.478. The van der Waals surface area contributed by atoms with Gasteiger partial charge in [-0.2, -0.15) is 9.67 Å². The highest BCUT2D eigenvalue weighted by molar-refractivity contribution is 5.60. The molecule has 0 amide bonds. The Balaban J connectivity index is 1.27. The molecule has 0 aliphatic carbocycles. The third-order valence-corrected chi connectivity index (χ3v) is 6.36. The van der Waals surface area contributed by atoms with Crippen molar-refractivity contribution in [1.29, 1.82) is 0 Å². The Kier molecular flexibility index (Phi) is 6.45. The minimum Gasteiger partial charge on any atom is -0.378 e. The van der Waals surface area contributed by atoms with Gasteiger partial charge in [0.2, 0.25) is 11.9 Å². The van der Waals surface area contributed by atoms with Crippen molar-refractivity contribution in [2.75, 3.05) is 73.3 Å². The van der Waals surface area contributed by atoms with Crippen LogP contribution in [0.1, 0.15) is 13.8 Å². The van der Waals surface area contributed by atoms with Crippen LogP contribution in [0.4, 0.5) is 29.1 Å². The average Bonchev–Trinajstić information content (AvgIpc) is 3.25. The number of aromatic nitrogens is 5. The maximum absolute atomic E-state index is 6.18. The molecule has 2 aliphatic rings. The van der Waals surface area contributed by atoms with E-state index in [0.29, 0.717) is 17.8 Å². The Morgan fingerprint density at radius 1 is 0.912 bits per heavy atom. The molecule has 1 aromatic carbocycles. The Morgan fingerprint density at radius 2 is 1.62 bits per heavy atom. The number of nitrogens with two attached hydrogens (primary N) is 1. The third-order valence-electron chi connectivity index (χ3n) is 6.36. The van der Waals surface area contributed by atoms with Crippen molar-refractivity contribution >= 4 is 29.1 Å². The minimum absolute atomic E-state index is 0.265. The number of ether oxygens (including phenoxy) is 1. The molecule has 3 N–H and O–H groups in total. The topological polar surface area (TPSA) is 113 Å². The first-order valence-electron chi connectivity index (χ1n) is 11.8. The average molecular weight is 465 g/mol. The number of hydrogen-bond donors (Lipinski definition) is 2. The summed E-state index contributed by atoms with van der Waals surface area (Å²) in [5.74, 6) is 2.15. The van der Waals surface area contributed by atoms with Gasteiger partial charge in [0.05, 0.1) is 13.2 Å². The second-order valence-electron chi connectivity index (χ2n) is 8.83. The van der Waals surface area contributed by atoms with Crippen LogP contribution in [0.3, 0.4) is 0 Å². The zero-order valence-corrected chi connectivity index (χ0v) is 19.8. The standard InChI is InChI=1S/C23H32N10O/c1-17(2)30-7-9-32(10-8-30)20-15-21(26-16-25-20)33-22(24)28-23(29-33)27-18-3-5-19(6-4-18)31-11-13-34-14-12-31/h3-6,15-17H,7-14H2,1-2H3,(H3,24,27,28,29). The van der Waals surface area contributed by atoms with Gasteiger partial charge >= 0.3 is 0 Å². The highest BCUT2D eigenvalue weighted by Crippen LogP contribution is 2.23. The molecule has 11 nitrogen and oxygen atoms in total. The van der Waals surface area contributed by atoms with Crippen molar-refractivity contribution < 1.29 is 4.74 Å². The first kappa shape index (κ1) is 22.4. The van der Waals surface area contributed by atoms with Crippen molar-refractivity contribution in [3.8, 4) is 5.82 Å². The van der Waals surface area contributed by atoms with Crippen molar-refractivity contribution in [2.24, 2.45) is 0 Å². The van der Waals surface area contributed by atoms with Gasteiger partial charge in [0.1, 0.15) is 12.1 Å². The lowest BCUT2D eigenvalue weighted by atomic mass is 10.2. The molecule has 0 bridgehead atoms. The molecular weight excluding hydrogens is 432 g/mol. The van der Waals surface area contributed by atoms with Gasteiger partial charge in [0, 0.05) is 62.8 Å². The molecule has 2 aromatic heterocycles. The number of morpholine rings is 1. The Bertz CT molecular complexity index is 1090. The summed E-state index contributed by atoms with van der Waals surface area (Å²) in [6.07, 6.45) is 1.55. The zero-order valence-electron chi connectivity index (χ0n) is 19.8. The van der Waals surface area contributed by atoms with Crippen LogP contribution in [0.25, 0.3) is 5.82 Å². The molecule has 2 saturated heterocycles. The monoisotopic (exact) mass is 464 g/mol. The minimum atomic E-state index is 0.265. The summed E-state index contributed by atoms with van der Waals surface area (Å²) < 4.78 is 6.97. The summed E-state index contributed by atoms with van der Waals surface area (Å²) in [4.78, 5) is 20.3. The molecular formula is C23H32N10O. The van der Waals surface area contributed by atoms with Gasteiger partial charge in [0.25, 0.3) is 0 Å². The van der Waals surface area contributed by atoms with Crippen molar-refractivity contribution in [1.82, 2.24) is 29.6 Å². The van der Waals surface area contributed by atoms with Crippen LogP contribution < -0.4 is 20.9 Å². The number of nitrogen functional groups attached to an aromatic ring is 1. The van der Waals surface area contributed by atoms with E-state index in [2.05, 4.69) is 66.0 Å². The normalized spacial score (nSPS) is 17.4. The van der Waals surface area contributed by atoms with E-state index in [4.69, 9.17) is 10.5 Å². The molecule has 180 valence electrons. The van der Waals surface area contributed by atoms with E-state index in [0.717, 1.165) is 64.0 Å². The Morgan fingerprint density at radius 3 is 2.32 bits per heavy atom. The van der Waals surface area contributed by atoms with E-state index < -0.39 is 0 Å². The van der Waals surface area contributed by atoms with Crippen molar-refractivity contribution in [3.05, 3.63) is 36.7 Å². The lowest BCUT2D eigenvalue weighted by Gasteiger charge is -2.37. The second kappa shape index (κ2) is 9.82. The maximum atomic E-state index is 6.18. The van der Waals surface area contributed by atoms with E-state index >= 15 is 0 Å². The van der Waals surface area contributed by atoms with Gasteiger partial charge in [-0.25, -0.2) is 9.97 Å². The molecule has 0 radical (unpaired) electrons. The van der Waals surface area contributed by atoms with Crippen LogP contribution >= 0.6 is 0 Å². The number of rotatable bonds is 6. The summed E-state index contributed by atoms with van der Waals surface area (Å²) in [6, 6.07) is 10.7. The van der Waals surface area contributed by atoms with Gasteiger partial charge < -0.3 is 25.6 Å². The van der Waals surface area contributed by atoms with Crippen LogP contribution in [0, 0.1) is 0 Å². The summed E-state index contributed by atoms with van der Waals surface area (Å²) in [5, 5.41) is 7.77. The molecule has 4 heterocycles. The summed E-state index contributed by atoms with van der Waals surface area (Å²) in [6.45, 7) is 11.7. The summed E-state index contributed by atoms with van der Waals surface area (Å²) >= 11 is 0. The zero-order chi connectivity index (χ0) is 23.5. The molecule has 3 aromatic rings. The molecule has 0 atom stereocenters. The number of anilines is 5. The summed E-state index contributed by atoms with van der Waals surface area (Å²) in [7, 11) is 0. The van der Waals surface area contributed by atoms with Gasteiger partial charge in [-0.15, -0.1) is 5.10 Å².